The van der Waals surface area contributed by atoms with Gasteiger partial charge in [0.05, 0.1) is 25.4 Å². The van der Waals surface area contributed by atoms with Crippen molar-refractivity contribution in [2.75, 3.05) is 13.2 Å². The van der Waals surface area contributed by atoms with Gasteiger partial charge in [0.15, 0.2) is 6.29 Å². The molecule has 0 bridgehead atoms. The van der Waals surface area contributed by atoms with E-state index in [2.05, 4.69) is 47.7 Å². The van der Waals surface area contributed by atoms with Crippen LogP contribution in [0.15, 0.2) is 24.3 Å². The summed E-state index contributed by atoms with van der Waals surface area (Å²) in [5.74, 6) is -0.673. The fraction of sp³-hybridized carbons (Fsp3) is 0.894. The normalized spacial score (nSPS) is 21.3. The van der Waals surface area contributed by atoms with Crippen LogP contribution in [-0.2, 0) is 28.9 Å². The van der Waals surface area contributed by atoms with Crippen molar-refractivity contribution in [3.63, 3.8) is 0 Å². The molecule has 7 N–H and O–H groups in total. The largest absolute Gasteiger partial charge is 0.397 e. The lowest BCUT2D eigenvalue weighted by Gasteiger charge is -2.41. The lowest BCUT2D eigenvalue weighted by Crippen LogP contribution is -2.61. The SMILES string of the molecule is CCCCC/C=C\C=C/CCCCCCCCCCCC(O)C(=O)NC(COC1OC(CO)C(O)C(OS(=O)(=O)O)C1O)C(O)CCCCCCCCCCCCCCCC. The van der Waals surface area contributed by atoms with Gasteiger partial charge >= 0.3 is 10.4 Å². The molecule has 1 fully saturated rings. The molecule has 14 heteroatoms. The summed E-state index contributed by atoms with van der Waals surface area (Å²) in [6.07, 6.45) is 30.6. The summed E-state index contributed by atoms with van der Waals surface area (Å²) in [4.78, 5) is 13.1. The van der Waals surface area contributed by atoms with E-state index in [0.717, 1.165) is 51.4 Å². The highest BCUT2D eigenvalue weighted by Gasteiger charge is 2.48. The van der Waals surface area contributed by atoms with Crippen LogP contribution in [0.5, 0.6) is 0 Å². The average molecular weight is 892 g/mol. The van der Waals surface area contributed by atoms with Crippen LogP contribution in [0.2, 0.25) is 0 Å². The zero-order valence-corrected chi connectivity index (χ0v) is 38.9. The third-order valence-corrected chi connectivity index (χ3v) is 12.1. The van der Waals surface area contributed by atoms with Crippen molar-refractivity contribution < 1.29 is 57.0 Å². The Balaban J connectivity index is 2.52. The smallest absolute Gasteiger partial charge is 0.394 e. The van der Waals surface area contributed by atoms with E-state index in [1.807, 2.05) is 0 Å². The summed E-state index contributed by atoms with van der Waals surface area (Å²) in [6, 6.07) is -1.03. The van der Waals surface area contributed by atoms with Crippen molar-refractivity contribution in [2.24, 2.45) is 0 Å². The van der Waals surface area contributed by atoms with Gasteiger partial charge in [-0.2, -0.15) is 8.42 Å². The Hall–Kier alpha value is -1.46. The molecule has 61 heavy (non-hydrogen) atoms. The number of unbranched alkanes of at least 4 members (excludes halogenated alkanes) is 25. The molecule has 0 aromatic heterocycles. The lowest BCUT2D eigenvalue weighted by atomic mass is 9.99. The number of aliphatic hydroxyl groups is 5. The first kappa shape index (κ1) is 57.6. The second-order valence-electron chi connectivity index (χ2n) is 17.2. The Labute approximate surface area is 370 Å². The number of allylic oxidation sites excluding steroid dienone is 4. The topological polar surface area (TPSA) is 212 Å². The molecule has 0 radical (unpaired) electrons. The van der Waals surface area contributed by atoms with Crippen LogP contribution in [0, 0.1) is 0 Å². The molecule has 0 aromatic carbocycles. The zero-order chi connectivity index (χ0) is 45.0. The number of hydrogen-bond acceptors (Lipinski definition) is 11. The second-order valence-corrected chi connectivity index (χ2v) is 18.3. The molecule has 1 heterocycles. The van der Waals surface area contributed by atoms with E-state index < -0.39 is 78.5 Å². The fourth-order valence-corrected chi connectivity index (χ4v) is 8.26. The van der Waals surface area contributed by atoms with E-state index in [1.165, 1.54) is 116 Å². The van der Waals surface area contributed by atoms with Crippen molar-refractivity contribution >= 4 is 16.3 Å². The van der Waals surface area contributed by atoms with Crippen molar-refractivity contribution in [1.82, 2.24) is 5.32 Å². The standard InChI is InChI=1S/C47H89NO12S/c1-3-5-7-9-11-13-15-17-19-20-21-22-24-26-28-30-32-34-36-41(51)46(54)48-39(38-58-47-44(53)45(60-61(55,56)57)43(52)42(37-49)59-47)40(50)35-33-31-29-27-25-23-18-16-14-12-10-8-6-4-2/h11,13,15,17,39-45,47,49-53H,3-10,12,14,16,18-38H2,1-2H3,(H,48,54)(H,55,56,57)/b13-11-,17-15-. The van der Waals surface area contributed by atoms with Gasteiger partial charge in [-0.05, 0) is 38.5 Å². The van der Waals surface area contributed by atoms with Gasteiger partial charge in [-0.15, -0.1) is 0 Å². The Morgan fingerprint density at radius 1 is 0.656 bits per heavy atom. The van der Waals surface area contributed by atoms with Crippen LogP contribution < -0.4 is 5.32 Å². The van der Waals surface area contributed by atoms with Crippen LogP contribution in [0.4, 0.5) is 0 Å². The molecule has 360 valence electrons. The Morgan fingerprint density at radius 3 is 1.56 bits per heavy atom. The van der Waals surface area contributed by atoms with Crippen molar-refractivity contribution in [2.45, 2.75) is 255 Å². The van der Waals surface area contributed by atoms with Crippen molar-refractivity contribution in [3.8, 4) is 0 Å². The molecular formula is C47H89NO12S. The summed E-state index contributed by atoms with van der Waals surface area (Å²) in [5.41, 5.74) is 0. The van der Waals surface area contributed by atoms with E-state index in [1.54, 1.807) is 0 Å². The Kier molecular flexibility index (Phi) is 35.7. The minimum absolute atomic E-state index is 0.255. The Bertz CT molecular complexity index is 1200. The monoisotopic (exact) mass is 892 g/mol. The highest BCUT2D eigenvalue weighted by Crippen LogP contribution is 2.26. The Morgan fingerprint density at radius 2 is 1.08 bits per heavy atom. The number of carbonyl (C=O) groups is 1. The van der Waals surface area contributed by atoms with Gasteiger partial charge in [-0.3, -0.25) is 9.35 Å². The summed E-state index contributed by atoms with van der Waals surface area (Å²) >= 11 is 0. The van der Waals surface area contributed by atoms with E-state index in [9.17, 15) is 43.3 Å². The number of hydrogen-bond donors (Lipinski definition) is 7. The molecule has 1 aliphatic rings. The van der Waals surface area contributed by atoms with Gasteiger partial charge in [0.25, 0.3) is 0 Å². The summed E-state index contributed by atoms with van der Waals surface area (Å²) < 4.78 is 47.6. The minimum Gasteiger partial charge on any atom is -0.394 e. The molecule has 1 aliphatic heterocycles. The summed E-state index contributed by atoms with van der Waals surface area (Å²) in [6.45, 7) is 3.25. The maximum atomic E-state index is 13.1. The van der Waals surface area contributed by atoms with Crippen LogP contribution in [0.25, 0.3) is 0 Å². The number of ether oxygens (including phenoxy) is 2. The van der Waals surface area contributed by atoms with Crippen LogP contribution >= 0.6 is 0 Å². The molecule has 0 spiro atoms. The van der Waals surface area contributed by atoms with Crippen LogP contribution in [0.1, 0.15) is 206 Å². The first-order valence-electron chi connectivity index (χ1n) is 24.3. The quantitative estimate of drug-likeness (QED) is 0.0175. The van der Waals surface area contributed by atoms with Crippen LogP contribution in [0.3, 0.4) is 0 Å². The molecule has 8 atom stereocenters. The van der Waals surface area contributed by atoms with E-state index in [4.69, 9.17) is 9.47 Å². The molecule has 13 nitrogen and oxygen atoms in total. The molecule has 8 unspecified atom stereocenters. The number of nitrogens with one attached hydrogen (secondary N) is 1. The van der Waals surface area contributed by atoms with Crippen molar-refractivity contribution in [3.05, 3.63) is 24.3 Å². The van der Waals surface area contributed by atoms with Crippen molar-refractivity contribution in [1.29, 1.82) is 0 Å². The number of rotatable bonds is 41. The lowest BCUT2D eigenvalue weighted by molar-refractivity contribution is -0.298. The minimum atomic E-state index is -5.11. The molecule has 1 saturated heterocycles. The fourth-order valence-electron chi connectivity index (χ4n) is 7.75. The molecule has 0 aliphatic carbocycles. The summed E-state index contributed by atoms with van der Waals surface area (Å²) in [7, 11) is -5.11. The molecule has 1 amide bonds. The van der Waals surface area contributed by atoms with E-state index in [0.29, 0.717) is 19.3 Å². The number of aliphatic hydroxyl groups excluding tert-OH is 5. The second kappa shape index (κ2) is 37.9. The average Bonchev–Trinajstić information content (AvgIpc) is 3.23. The third-order valence-electron chi connectivity index (χ3n) is 11.6. The van der Waals surface area contributed by atoms with E-state index in [-0.39, 0.29) is 6.42 Å². The highest BCUT2D eigenvalue weighted by atomic mass is 32.3. The molecule has 0 saturated carbocycles. The predicted molar refractivity (Wildman–Crippen MR) is 242 cm³/mol. The molecule has 1 rings (SSSR count). The summed E-state index contributed by atoms with van der Waals surface area (Å²) in [5, 5.41) is 55.4. The van der Waals surface area contributed by atoms with E-state index >= 15 is 0 Å². The third kappa shape index (κ3) is 30.3. The highest BCUT2D eigenvalue weighted by molar-refractivity contribution is 7.80. The van der Waals surface area contributed by atoms with Gasteiger partial charge in [0, 0.05) is 0 Å². The predicted octanol–water partition coefficient (Wildman–Crippen LogP) is 8.69. The van der Waals surface area contributed by atoms with Gasteiger partial charge in [-0.25, -0.2) is 4.18 Å². The maximum absolute atomic E-state index is 13.1. The van der Waals surface area contributed by atoms with Gasteiger partial charge in [-0.1, -0.05) is 192 Å². The van der Waals surface area contributed by atoms with Crippen LogP contribution in [-0.4, -0.2) is 107 Å². The first-order valence-corrected chi connectivity index (χ1v) is 25.7. The zero-order valence-electron chi connectivity index (χ0n) is 38.1. The number of amides is 1. The van der Waals surface area contributed by atoms with Gasteiger partial charge in [0.1, 0.15) is 30.5 Å². The number of carbonyl (C=O) groups excluding carboxylic acids is 1. The van der Waals surface area contributed by atoms with Gasteiger partial charge in [0.2, 0.25) is 5.91 Å². The maximum Gasteiger partial charge on any atom is 0.397 e. The first-order chi connectivity index (χ1) is 29.4. The molecule has 0 aromatic rings. The molecular weight excluding hydrogens is 803 g/mol. The van der Waals surface area contributed by atoms with Gasteiger partial charge < -0.3 is 40.3 Å².